The minimum atomic E-state index is -0.311. The van der Waals surface area contributed by atoms with Crippen molar-refractivity contribution in [1.82, 2.24) is 9.97 Å². The molecule has 0 aliphatic heterocycles. The molecule has 0 saturated carbocycles. The van der Waals surface area contributed by atoms with Gasteiger partial charge in [0.05, 0.1) is 11.4 Å². The van der Waals surface area contributed by atoms with Crippen molar-refractivity contribution in [2.75, 3.05) is 0 Å². The van der Waals surface area contributed by atoms with Crippen LogP contribution in [0.3, 0.4) is 0 Å². The molecule has 0 saturated heterocycles. The van der Waals surface area contributed by atoms with Crippen LogP contribution in [0.1, 0.15) is 17.4 Å². The number of nitrogens with zero attached hydrogens (tertiary/aromatic N) is 1. The molecule has 4 aromatic rings. The first-order valence-corrected chi connectivity index (χ1v) is 9.01. The average molecular weight is 375 g/mol. The molecule has 1 aromatic heterocycles. The molecule has 1 atom stereocenters. The number of hydrogen-bond donors (Lipinski definition) is 2. The second-order valence-electron chi connectivity index (χ2n) is 6.64. The number of hydrogen-bond acceptors (Lipinski definition) is 2. The maximum Gasteiger partial charge on any atom is 0.123 e. The van der Waals surface area contributed by atoms with Gasteiger partial charge in [0.2, 0.25) is 0 Å². The lowest BCUT2D eigenvalue weighted by Crippen LogP contribution is -2.14. The van der Waals surface area contributed by atoms with E-state index in [1.807, 2.05) is 30.3 Å². The Labute approximate surface area is 161 Å². The number of benzene rings is 3. The number of halogens is 2. The van der Waals surface area contributed by atoms with Crippen molar-refractivity contribution >= 4 is 0 Å². The van der Waals surface area contributed by atoms with Crippen LogP contribution in [-0.4, -0.2) is 9.97 Å². The minimum absolute atomic E-state index is 0.213. The highest BCUT2D eigenvalue weighted by molar-refractivity contribution is 5.78. The molecule has 28 heavy (non-hydrogen) atoms. The van der Waals surface area contributed by atoms with Crippen molar-refractivity contribution in [1.29, 1.82) is 0 Å². The highest BCUT2D eigenvalue weighted by Crippen LogP contribution is 2.31. The number of H-pyrrole nitrogens is 1. The summed E-state index contributed by atoms with van der Waals surface area (Å²) in [4.78, 5) is 8.05. The minimum Gasteiger partial charge on any atom is -0.341 e. The summed E-state index contributed by atoms with van der Waals surface area (Å²) in [5, 5.41) is 0. The van der Waals surface area contributed by atoms with E-state index in [2.05, 4.69) is 4.98 Å². The zero-order valence-electron chi connectivity index (χ0n) is 15.1. The van der Waals surface area contributed by atoms with Gasteiger partial charge >= 0.3 is 0 Å². The molecular weight excluding hydrogens is 356 g/mol. The van der Waals surface area contributed by atoms with Gasteiger partial charge in [-0.15, -0.1) is 0 Å². The molecule has 5 heteroatoms. The molecule has 0 unspecified atom stereocenters. The van der Waals surface area contributed by atoms with E-state index in [0.29, 0.717) is 12.1 Å². The fourth-order valence-corrected chi connectivity index (χ4v) is 3.19. The predicted octanol–water partition coefficient (Wildman–Crippen LogP) is 5.26. The van der Waals surface area contributed by atoms with E-state index < -0.39 is 0 Å². The third-order valence-electron chi connectivity index (χ3n) is 4.64. The van der Waals surface area contributed by atoms with E-state index in [-0.39, 0.29) is 17.7 Å². The number of aromatic nitrogens is 2. The van der Waals surface area contributed by atoms with E-state index in [4.69, 9.17) is 10.7 Å². The largest absolute Gasteiger partial charge is 0.341 e. The molecule has 3 nitrogen and oxygen atoms in total. The first-order valence-electron chi connectivity index (χ1n) is 9.01. The molecule has 0 aliphatic carbocycles. The Morgan fingerprint density at radius 3 is 1.96 bits per heavy atom. The Morgan fingerprint density at radius 1 is 0.786 bits per heavy atom. The smallest absolute Gasteiger partial charge is 0.123 e. The molecule has 3 aromatic carbocycles. The van der Waals surface area contributed by atoms with Crippen LogP contribution >= 0.6 is 0 Å². The van der Waals surface area contributed by atoms with Crippen molar-refractivity contribution in [2.24, 2.45) is 5.73 Å². The van der Waals surface area contributed by atoms with Crippen LogP contribution in [0.5, 0.6) is 0 Å². The number of nitrogens with two attached hydrogens (primary N) is 1. The molecule has 0 spiro atoms. The number of imidazole rings is 1. The summed E-state index contributed by atoms with van der Waals surface area (Å²) in [6, 6.07) is 21.9. The molecule has 0 aliphatic rings. The molecular formula is C23H19F2N3. The van der Waals surface area contributed by atoms with Gasteiger partial charge in [0.15, 0.2) is 0 Å². The van der Waals surface area contributed by atoms with Gasteiger partial charge in [-0.2, -0.15) is 0 Å². The van der Waals surface area contributed by atoms with Gasteiger partial charge in [0.25, 0.3) is 0 Å². The lowest BCUT2D eigenvalue weighted by atomic mass is 10.0. The van der Waals surface area contributed by atoms with Gasteiger partial charge in [-0.1, -0.05) is 30.3 Å². The van der Waals surface area contributed by atoms with Crippen LogP contribution in [0.25, 0.3) is 22.5 Å². The first-order chi connectivity index (χ1) is 13.6. The zero-order chi connectivity index (χ0) is 19.5. The summed E-state index contributed by atoms with van der Waals surface area (Å²) in [5.41, 5.74) is 10.4. The number of nitrogens with one attached hydrogen (secondary N) is 1. The second-order valence-corrected chi connectivity index (χ2v) is 6.64. The lowest BCUT2D eigenvalue weighted by molar-refractivity contribution is 0.627. The van der Waals surface area contributed by atoms with Crippen molar-refractivity contribution in [3.8, 4) is 22.5 Å². The Kier molecular flexibility index (Phi) is 5.00. The summed E-state index contributed by atoms with van der Waals surface area (Å²) < 4.78 is 26.7. The van der Waals surface area contributed by atoms with Crippen LogP contribution in [0.4, 0.5) is 8.78 Å². The standard InChI is InChI=1S/C23H19F2N3/c24-18-10-6-16(7-11-18)22-23(17-8-12-19(25)13-9-17)28-21(27-22)14-20(26)15-4-2-1-3-5-15/h1-13,20H,14,26H2,(H,27,28)/t20-/m0/s1. The molecule has 3 N–H and O–H groups in total. The Morgan fingerprint density at radius 2 is 1.36 bits per heavy atom. The predicted molar refractivity (Wildman–Crippen MR) is 106 cm³/mol. The van der Waals surface area contributed by atoms with Gasteiger partial charge in [0.1, 0.15) is 17.5 Å². The van der Waals surface area contributed by atoms with Gasteiger partial charge in [0, 0.05) is 23.6 Å². The van der Waals surface area contributed by atoms with Crippen LogP contribution < -0.4 is 5.73 Å². The molecule has 140 valence electrons. The van der Waals surface area contributed by atoms with Crippen LogP contribution in [0.2, 0.25) is 0 Å². The molecule has 4 rings (SSSR count). The maximum absolute atomic E-state index is 13.4. The van der Waals surface area contributed by atoms with E-state index in [1.165, 1.54) is 24.3 Å². The fourth-order valence-electron chi connectivity index (χ4n) is 3.19. The summed E-state index contributed by atoms with van der Waals surface area (Å²) >= 11 is 0. The van der Waals surface area contributed by atoms with Crippen molar-refractivity contribution in [2.45, 2.75) is 12.5 Å². The molecule has 0 radical (unpaired) electrons. The van der Waals surface area contributed by atoms with E-state index in [9.17, 15) is 8.78 Å². The summed E-state index contributed by atoms with van der Waals surface area (Å²) in [5.74, 6) is 0.0989. The molecule has 0 fully saturated rings. The van der Waals surface area contributed by atoms with E-state index in [0.717, 1.165) is 28.2 Å². The number of aromatic amines is 1. The second kappa shape index (κ2) is 7.74. The third kappa shape index (κ3) is 3.85. The fraction of sp³-hybridized carbons (Fsp3) is 0.0870. The van der Waals surface area contributed by atoms with Gasteiger partial charge in [-0.3, -0.25) is 0 Å². The monoisotopic (exact) mass is 375 g/mol. The van der Waals surface area contributed by atoms with E-state index in [1.54, 1.807) is 24.3 Å². The zero-order valence-corrected chi connectivity index (χ0v) is 15.1. The molecule has 0 amide bonds. The first kappa shape index (κ1) is 18.1. The van der Waals surface area contributed by atoms with Crippen LogP contribution in [-0.2, 0) is 6.42 Å². The summed E-state index contributed by atoms with van der Waals surface area (Å²) in [6.07, 6.45) is 0.513. The van der Waals surface area contributed by atoms with Crippen LogP contribution in [0, 0.1) is 11.6 Å². The van der Waals surface area contributed by atoms with E-state index >= 15 is 0 Å². The topological polar surface area (TPSA) is 54.7 Å². The van der Waals surface area contributed by atoms with Gasteiger partial charge < -0.3 is 10.7 Å². The lowest BCUT2D eigenvalue weighted by Gasteiger charge is -2.09. The molecule has 1 heterocycles. The molecule has 0 bridgehead atoms. The highest BCUT2D eigenvalue weighted by Gasteiger charge is 2.17. The van der Waals surface area contributed by atoms with Gasteiger partial charge in [-0.05, 0) is 54.1 Å². The Hall–Kier alpha value is -3.31. The van der Waals surface area contributed by atoms with Crippen molar-refractivity contribution < 1.29 is 8.78 Å². The highest BCUT2D eigenvalue weighted by atomic mass is 19.1. The SMILES string of the molecule is N[C@@H](Cc1nc(-c2ccc(F)cc2)c(-c2ccc(F)cc2)[nH]1)c1ccccc1. The summed E-state index contributed by atoms with van der Waals surface area (Å²) in [7, 11) is 0. The maximum atomic E-state index is 13.4. The quantitative estimate of drug-likeness (QED) is 0.500. The Bertz CT molecular complexity index is 992. The van der Waals surface area contributed by atoms with Crippen LogP contribution in [0.15, 0.2) is 78.9 Å². The van der Waals surface area contributed by atoms with Gasteiger partial charge in [-0.25, -0.2) is 13.8 Å². The Balaban J connectivity index is 1.73. The third-order valence-corrected chi connectivity index (χ3v) is 4.64. The van der Waals surface area contributed by atoms with Crippen molar-refractivity contribution in [3.63, 3.8) is 0 Å². The van der Waals surface area contributed by atoms with Crippen molar-refractivity contribution in [3.05, 3.63) is 102 Å². The average Bonchev–Trinajstić information content (AvgIpc) is 3.13. The summed E-state index contributed by atoms with van der Waals surface area (Å²) in [6.45, 7) is 0. The normalized spacial score (nSPS) is 12.1. The number of rotatable bonds is 5.